The van der Waals surface area contributed by atoms with Crippen molar-refractivity contribution < 1.29 is 19.5 Å². The molecule has 0 spiro atoms. The fourth-order valence-electron chi connectivity index (χ4n) is 5.84. The summed E-state index contributed by atoms with van der Waals surface area (Å²) in [7, 11) is 0. The Kier molecular flexibility index (Phi) is 37.1. The Morgan fingerprint density at radius 3 is 1.49 bits per heavy atom. The summed E-state index contributed by atoms with van der Waals surface area (Å²) in [6.45, 7) is 4.02. The van der Waals surface area contributed by atoms with Crippen molar-refractivity contribution in [2.75, 3.05) is 40.5 Å². The van der Waals surface area contributed by atoms with E-state index in [1.54, 1.807) is 82.9 Å². The number of thiazole rings is 4. The molecule has 0 aromatic carbocycles. The number of nitrogens with two attached hydrogens (primary N) is 1. The number of rotatable bonds is 21. The minimum absolute atomic E-state index is 0.0922. The normalized spacial score (nSPS) is 9.82. The number of hydroxylamine groups is 1. The molecule has 8 aromatic rings. The van der Waals surface area contributed by atoms with E-state index in [0.29, 0.717) is 24.6 Å². The summed E-state index contributed by atoms with van der Waals surface area (Å²) in [4.78, 5) is 59.8. The van der Waals surface area contributed by atoms with E-state index in [2.05, 4.69) is 70.9 Å². The molecule has 8 rings (SSSR count). The average molecular weight is 1170 g/mol. The van der Waals surface area contributed by atoms with Gasteiger partial charge in [-0.25, -0.2) is 45.4 Å². The maximum absolute atomic E-state index is 11.3. The smallest absolute Gasteiger partial charge is 0.188 e. The number of nitrogens with zero attached hydrogens (tertiary/aromatic N) is 10. The van der Waals surface area contributed by atoms with Crippen molar-refractivity contribution in [1.82, 2.24) is 45.4 Å². The van der Waals surface area contributed by atoms with Crippen molar-refractivity contribution in [2.24, 2.45) is 0 Å². The van der Waals surface area contributed by atoms with Gasteiger partial charge >= 0.3 is 69.1 Å². The van der Waals surface area contributed by atoms with Crippen LogP contribution in [0.25, 0.3) is 0 Å². The summed E-state index contributed by atoms with van der Waals surface area (Å²) in [5, 5.41) is 22.6. The van der Waals surface area contributed by atoms with Crippen LogP contribution in [0, 0.1) is 0 Å². The molecule has 0 aliphatic heterocycles. The number of carbonyl (C=O) groups excluding carboxylic acids is 2. The van der Waals surface area contributed by atoms with Crippen LogP contribution in [-0.4, -0.2) is 140 Å². The van der Waals surface area contributed by atoms with Crippen molar-refractivity contribution in [2.45, 2.75) is 71.1 Å². The molecule has 72 heavy (non-hydrogen) atoms. The number of hydrogen-bond donors (Lipinski definition) is 4. The Morgan fingerprint density at radius 1 is 0.597 bits per heavy atom. The van der Waals surface area contributed by atoms with E-state index in [1.807, 2.05) is 107 Å². The van der Waals surface area contributed by atoms with Crippen LogP contribution < -0.4 is 26.3 Å². The number of unbranched alkanes of at least 4 members (excludes halogenated alkanes) is 6. The topological polar surface area (TPSA) is 223 Å². The average Bonchev–Trinajstić information content (AvgIpc) is 4.30. The number of nitrogen functional groups attached to an aromatic ring is 1. The minimum atomic E-state index is -0.321. The monoisotopic (exact) mass is 1170 g/mol. The number of esters is 1. The first-order valence-electron chi connectivity index (χ1n) is 23.4. The maximum atomic E-state index is 11.3. The number of carbonyl (C=O) groups is 2. The van der Waals surface area contributed by atoms with Crippen LogP contribution in [0.2, 0.25) is 0 Å². The molecule has 0 unspecified atom stereocenters. The van der Waals surface area contributed by atoms with Crippen molar-refractivity contribution in [1.29, 1.82) is 0 Å². The zero-order chi connectivity index (χ0) is 51.7. The Bertz CT molecular complexity index is 2470. The maximum Gasteiger partial charge on any atom is 0.188 e. The molecule has 0 aliphatic rings. The molecule has 372 valence electrons. The van der Waals surface area contributed by atoms with Gasteiger partial charge in [0.2, 0.25) is 5.91 Å². The van der Waals surface area contributed by atoms with Gasteiger partial charge in [0, 0.05) is 97.0 Å². The number of hydrogen-bond acceptors (Lipinski definition) is 20. The van der Waals surface area contributed by atoms with Crippen LogP contribution in [0.5, 0.6) is 0 Å². The fourth-order valence-corrected chi connectivity index (χ4v) is 8.38. The van der Waals surface area contributed by atoms with Gasteiger partial charge in [-0.2, -0.15) is 0 Å². The molecular weight excluding hydrogens is 1110 g/mol. The van der Waals surface area contributed by atoms with Gasteiger partial charge in [0.15, 0.2) is 20.5 Å². The van der Waals surface area contributed by atoms with E-state index in [9.17, 15) is 9.59 Å². The third-order valence-electron chi connectivity index (χ3n) is 9.04. The Balaban J connectivity index is 0.000000255. The molecule has 0 saturated carbocycles. The van der Waals surface area contributed by atoms with Gasteiger partial charge in [-0.15, -0.1) is 45.3 Å². The molecule has 0 atom stereocenters. The molecule has 5 N–H and O–H groups in total. The van der Waals surface area contributed by atoms with Gasteiger partial charge in [0.05, 0.1) is 6.61 Å². The van der Waals surface area contributed by atoms with Crippen LogP contribution in [-0.2, 0) is 14.3 Å². The number of halogens is 1. The molecular formula is C48H58BrK2N13O4S4. The molecule has 24 heteroatoms. The van der Waals surface area contributed by atoms with Gasteiger partial charge in [-0.3, -0.25) is 14.8 Å². The first kappa shape index (κ1) is 63.3. The van der Waals surface area contributed by atoms with E-state index in [1.165, 1.54) is 74.5 Å². The third kappa shape index (κ3) is 29.2. The van der Waals surface area contributed by atoms with Crippen molar-refractivity contribution in [3.63, 3.8) is 0 Å². The van der Waals surface area contributed by atoms with Crippen LogP contribution >= 0.6 is 61.3 Å². The first-order chi connectivity index (χ1) is 35.4. The summed E-state index contributed by atoms with van der Waals surface area (Å²) in [6.07, 6.45) is 22.8. The second kappa shape index (κ2) is 42.2. The largest absolute Gasteiger partial charge is 0.316 e. The van der Waals surface area contributed by atoms with Crippen molar-refractivity contribution >= 4 is 174 Å². The quantitative estimate of drug-likeness (QED) is 0.0131. The molecule has 8 aromatic heterocycles. The standard InChI is InChI=1S/C17H23N3O2S.C15H20N4O2S.C8H7N3S.C5H4BrN.C3H4N2S.2K/c1-2-22-16(21)10-5-3-4-8-13-20(17-19-12-14-23-17)15-9-6-7-11-18-15;20-14(18-21)8-3-1-2-6-11-19(15-17-10-12-22-15)13-7-4-5-9-16-13;1-2-4-9-7(3-1)11-8-10-5-6-12-8;6-5-3-1-2-4-7-5;4-3-5-1-2-6-3;;/h6-7,9,11-12,14H,2-5,8,10,13H2,1H3;4-5,7,9-10,12,21H,1-3,6,8,11H2,(H,18,20);1-6H,(H,9,10,11);1-4H;1-2H,(H2,4,5);;. The fraction of sp³-hybridized carbons (Fsp3) is 0.292. The van der Waals surface area contributed by atoms with Crippen LogP contribution in [0.15, 0.2) is 148 Å². The number of pyridine rings is 4. The second-order valence-electron chi connectivity index (χ2n) is 14.2. The molecule has 0 fully saturated rings. The molecule has 0 bridgehead atoms. The Morgan fingerprint density at radius 2 is 1.10 bits per heavy atom. The molecule has 0 saturated heterocycles. The second-order valence-corrected chi connectivity index (χ2v) is 18.6. The van der Waals surface area contributed by atoms with Crippen LogP contribution in [0.4, 0.5) is 38.0 Å². The first-order valence-corrected chi connectivity index (χ1v) is 43.7. The summed E-state index contributed by atoms with van der Waals surface area (Å²) >= 11 is 11.9. The third-order valence-corrected chi connectivity index (χ3v) is 12.4. The zero-order valence-corrected chi connectivity index (χ0v) is 51.9. The molecule has 8 heterocycles. The Hall–Kier alpha value is -3.03. The van der Waals surface area contributed by atoms with Gasteiger partial charge in [0.1, 0.15) is 22.1 Å². The summed E-state index contributed by atoms with van der Waals surface area (Å²) in [6, 6.07) is 23.2. The van der Waals surface area contributed by atoms with Gasteiger partial charge < -0.3 is 25.6 Å². The van der Waals surface area contributed by atoms with E-state index >= 15 is 0 Å². The molecule has 17 nitrogen and oxygen atoms in total. The zero-order valence-electron chi connectivity index (χ0n) is 40.8. The summed E-state index contributed by atoms with van der Waals surface area (Å²) < 4.78 is 5.82. The van der Waals surface area contributed by atoms with Gasteiger partial charge in [0.25, 0.3) is 0 Å². The number of ether oxygens (including phenoxy) is 1. The van der Waals surface area contributed by atoms with Crippen molar-refractivity contribution in [3.8, 4) is 0 Å². The summed E-state index contributed by atoms with van der Waals surface area (Å²) in [5.74, 6) is 2.24. The van der Waals surface area contributed by atoms with E-state index in [4.69, 9.17) is 15.7 Å². The molecule has 0 radical (unpaired) electrons. The van der Waals surface area contributed by atoms with Gasteiger partial charge in [-0.05, 0) is 97.1 Å². The SMILES string of the molecule is Brc1ccccn1.CCOC(=O)CCCCCCN(c1ccccn1)c1nccs1.Nc1nccs1.O=C(CCCCCCN(c1ccccn1)c1nccs1)NO.[K][K].c1ccc(Nc2nccs2)nc1. The van der Waals surface area contributed by atoms with E-state index < -0.39 is 0 Å². The van der Waals surface area contributed by atoms with E-state index in [-0.39, 0.29) is 11.9 Å². The number of amides is 1. The van der Waals surface area contributed by atoms with Crippen molar-refractivity contribution in [3.05, 3.63) is 148 Å². The van der Waals surface area contributed by atoms with Crippen LogP contribution in [0.1, 0.15) is 71.1 Å². The summed E-state index contributed by atoms with van der Waals surface area (Å²) in [5.41, 5.74) is 6.84. The predicted octanol–water partition coefficient (Wildman–Crippen LogP) is 11.4. The molecule has 1 amide bonds. The minimum Gasteiger partial charge on any atom is -0.316 e. The predicted molar refractivity (Wildman–Crippen MR) is 299 cm³/mol. The number of anilines is 7. The Labute approximate surface area is 491 Å². The number of aromatic nitrogens is 8. The van der Waals surface area contributed by atoms with Gasteiger partial charge in [-0.1, -0.05) is 49.9 Å². The van der Waals surface area contributed by atoms with E-state index in [0.717, 1.165) is 102 Å². The number of nitrogens with one attached hydrogen (secondary N) is 2. The molecule has 0 aliphatic carbocycles. The van der Waals surface area contributed by atoms with Crippen LogP contribution in [0.3, 0.4) is 0 Å².